The van der Waals surface area contributed by atoms with Crippen molar-refractivity contribution in [2.45, 2.75) is 16.0 Å². The molecule has 1 unspecified atom stereocenters. The van der Waals surface area contributed by atoms with Gasteiger partial charge in [0.1, 0.15) is 23.6 Å². The van der Waals surface area contributed by atoms with E-state index in [9.17, 15) is 9.90 Å². The van der Waals surface area contributed by atoms with Gasteiger partial charge in [0.25, 0.3) is 0 Å². The van der Waals surface area contributed by atoms with E-state index in [-0.39, 0.29) is 6.61 Å². The van der Waals surface area contributed by atoms with Crippen LogP contribution < -0.4 is 9.47 Å². The molecule has 0 saturated carbocycles. The second-order valence-electron chi connectivity index (χ2n) is 4.31. The monoisotopic (exact) mass is 326 g/mol. The maximum Gasteiger partial charge on any atom is 0.323 e. The maximum atomic E-state index is 11.5. The van der Waals surface area contributed by atoms with Crippen molar-refractivity contribution in [2.75, 3.05) is 13.7 Å². The molecule has 1 atom stereocenters. The summed E-state index contributed by atoms with van der Waals surface area (Å²) in [5, 5.41) is 17.0. The zero-order valence-electron chi connectivity index (χ0n) is 11.5. The van der Waals surface area contributed by atoms with Gasteiger partial charge in [-0.3, -0.25) is 4.79 Å². The molecule has 6 nitrogen and oxygen atoms in total. The van der Waals surface area contributed by atoms with E-state index in [0.717, 1.165) is 11.8 Å². The molecule has 1 aromatic heterocycles. The lowest BCUT2D eigenvalue weighted by Gasteiger charge is -2.23. The Morgan fingerprint density at radius 3 is 2.86 bits per heavy atom. The molecular formula is C13H14N2O4S2. The van der Waals surface area contributed by atoms with Crippen LogP contribution in [0.5, 0.6) is 11.5 Å². The lowest BCUT2D eigenvalue weighted by Crippen LogP contribution is -2.38. The highest BCUT2D eigenvalue weighted by Crippen LogP contribution is 2.34. The first-order valence-corrected chi connectivity index (χ1v) is 7.68. The quantitative estimate of drug-likeness (QED) is 0.783. The summed E-state index contributed by atoms with van der Waals surface area (Å²) in [6.45, 7) is 1.60. The third-order valence-electron chi connectivity index (χ3n) is 2.66. The van der Waals surface area contributed by atoms with Crippen molar-refractivity contribution in [1.82, 2.24) is 10.2 Å². The van der Waals surface area contributed by atoms with Gasteiger partial charge in [0.15, 0.2) is 9.09 Å². The van der Waals surface area contributed by atoms with Crippen LogP contribution in [0.1, 0.15) is 6.92 Å². The van der Waals surface area contributed by atoms with Crippen molar-refractivity contribution in [1.29, 1.82) is 0 Å². The van der Waals surface area contributed by atoms with Crippen molar-refractivity contribution in [3.63, 3.8) is 0 Å². The second kappa shape index (κ2) is 6.77. The summed E-state index contributed by atoms with van der Waals surface area (Å²) in [6.07, 6.45) is 0. The molecule has 112 valence electrons. The van der Waals surface area contributed by atoms with Gasteiger partial charge >= 0.3 is 5.97 Å². The van der Waals surface area contributed by atoms with Crippen LogP contribution in [0.4, 0.5) is 0 Å². The Balaban J connectivity index is 2.07. The third-order valence-corrected chi connectivity index (χ3v) is 4.68. The summed E-state index contributed by atoms with van der Waals surface area (Å²) in [5.74, 6) is 0.242. The van der Waals surface area contributed by atoms with Gasteiger partial charge < -0.3 is 14.6 Å². The van der Waals surface area contributed by atoms with Crippen molar-refractivity contribution >= 4 is 29.1 Å². The van der Waals surface area contributed by atoms with E-state index >= 15 is 0 Å². The van der Waals surface area contributed by atoms with Crippen LogP contribution in [0, 0.1) is 0 Å². The molecule has 1 heterocycles. The molecule has 0 aliphatic heterocycles. The molecule has 0 fully saturated rings. The summed E-state index contributed by atoms with van der Waals surface area (Å²) >= 11 is 2.42. The highest BCUT2D eigenvalue weighted by molar-refractivity contribution is 8.03. The Morgan fingerprint density at radius 2 is 2.24 bits per heavy atom. The first-order chi connectivity index (χ1) is 10.0. The number of hydrogen-bond donors (Lipinski definition) is 1. The predicted molar refractivity (Wildman–Crippen MR) is 80.3 cm³/mol. The average Bonchev–Trinajstić information content (AvgIpc) is 2.98. The van der Waals surface area contributed by atoms with E-state index in [4.69, 9.17) is 9.47 Å². The minimum atomic E-state index is -1.15. The van der Waals surface area contributed by atoms with E-state index in [1.165, 1.54) is 11.3 Å². The number of ether oxygens (including phenoxy) is 2. The van der Waals surface area contributed by atoms with Crippen LogP contribution in [0.25, 0.3) is 0 Å². The molecule has 0 aliphatic carbocycles. The summed E-state index contributed by atoms with van der Waals surface area (Å²) in [6, 6.07) is 7.03. The van der Waals surface area contributed by atoms with Crippen molar-refractivity contribution in [3.8, 4) is 11.5 Å². The van der Waals surface area contributed by atoms with E-state index < -0.39 is 10.7 Å². The maximum absolute atomic E-state index is 11.5. The van der Waals surface area contributed by atoms with Gasteiger partial charge in [0.05, 0.1) is 7.11 Å². The van der Waals surface area contributed by atoms with Crippen LogP contribution in [-0.4, -0.2) is 39.7 Å². The Morgan fingerprint density at radius 1 is 1.48 bits per heavy atom. The SMILES string of the molecule is COc1cccc(OCC(C)(Sc2nncs2)C(=O)O)c1. The molecule has 0 amide bonds. The van der Waals surface area contributed by atoms with Crippen molar-refractivity contribution < 1.29 is 19.4 Å². The summed E-state index contributed by atoms with van der Waals surface area (Å²) < 4.78 is 10.1. The fraction of sp³-hybridized carbons (Fsp3) is 0.308. The Labute approximate surface area is 130 Å². The fourth-order valence-corrected chi connectivity index (χ4v) is 3.28. The topological polar surface area (TPSA) is 81.5 Å². The molecule has 8 heteroatoms. The summed E-state index contributed by atoms with van der Waals surface area (Å²) in [4.78, 5) is 11.5. The molecule has 0 spiro atoms. The van der Waals surface area contributed by atoms with Gasteiger partial charge in [0, 0.05) is 6.07 Å². The van der Waals surface area contributed by atoms with Crippen molar-refractivity contribution in [3.05, 3.63) is 29.8 Å². The lowest BCUT2D eigenvalue weighted by molar-refractivity contribution is -0.140. The minimum Gasteiger partial charge on any atom is -0.497 e. The molecular weight excluding hydrogens is 312 g/mol. The zero-order valence-corrected chi connectivity index (χ0v) is 13.1. The van der Waals surface area contributed by atoms with Crippen LogP contribution in [0.15, 0.2) is 34.1 Å². The van der Waals surface area contributed by atoms with Gasteiger partial charge in [-0.15, -0.1) is 10.2 Å². The lowest BCUT2D eigenvalue weighted by atomic mass is 10.2. The number of aliphatic carboxylic acids is 1. The number of carbonyl (C=O) groups is 1. The average molecular weight is 326 g/mol. The Bertz CT molecular complexity index is 606. The third kappa shape index (κ3) is 4.08. The number of carboxylic acids is 1. The number of methoxy groups -OCH3 is 1. The number of rotatable bonds is 7. The van der Waals surface area contributed by atoms with Crippen LogP contribution in [-0.2, 0) is 4.79 Å². The van der Waals surface area contributed by atoms with Crippen LogP contribution in [0.3, 0.4) is 0 Å². The fourth-order valence-electron chi connectivity index (χ4n) is 1.45. The van der Waals surface area contributed by atoms with E-state index in [1.54, 1.807) is 43.8 Å². The zero-order chi connectivity index (χ0) is 15.3. The highest BCUT2D eigenvalue weighted by atomic mass is 32.2. The molecule has 0 radical (unpaired) electrons. The molecule has 21 heavy (non-hydrogen) atoms. The smallest absolute Gasteiger partial charge is 0.323 e. The molecule has 1 aromatic carbocycles. The number of hydrogen-bond acceptors (Lipinski definition) is 7. The second-order valence-corrected chi connectivity index (χ2v) is 6.89. The largest absolute Gasteiger partial charge is 0.497 e. The molecule has 1 N–H and O–H groups in total. The summed E-state index contributed by atoms with van der Waals surface area (Å²) in [5.41, 5.74) is 1.56. The molecule has 0 saturated heterocycles. The van der Waals surface area contributed by atoms with Crippen LogP contribution in [0.2, 0.25) is 0 Å². The Kier molecular flexibility index (Phi) is 5.03. The number of aromatic nitrogens is 2. The number of benzene rings is 1. The van der Waals surface area contributed by atoms with E-state index in [1.807, 2.05) is 0 Å². The van der Waals surface area contributed by atoms with Gasteiger partial charge in [-0.1, -0.05) is 29.2 Å². The van der Waals surface area contributed by atoms with Crippen molar-refractivity contribution in [2.24, 2.45) is 0 Å². The normalized spacial score (nSPS) is 13.4. The minimum absolute atomic E-state index is 0.000250. The number of carboxylic acid groups (broad SMARTS) is 1. The number of thioether (sulfide) groups is 1. The molecule has 0 bridgehead atoms. The first-order valence-electron chi connectivity index (χ1n) is 5.99. The van der Waals surface area contributed by atoms with E-state index in [2.05, 4.69) is 10.2 Å². The van der Waals surface area contributed by atoms with Gasteiger partial charge in [-0.2, -0.15) is 0 Å². The van der Waals surface area contributed by atoms with Crippen LogP contribution >= 0.6 is 23.1 Å². The molecule has 0 aliphatic rings. The van der Waals surface area contributed by atoms with E-state index in [0.29, 0.717) is 15.8 Å². The van der Waals surface area contributed by atoms with Gasteiger partial charge in [0.2, 0.25) is 0 Å². The summed E-state index contributed by atoms with van der Waals surface area (Å²) in [7, 11) is 1.56. The molecule has 2 aromatic rings. The first kappa shape index (κ1) is 15.6. The van der Waals surface area contributed by atoms with Gasteiger partial charge in [-0.25, -0.2) is 0 Å². The standard InChI is InChI=1S/C13H14N2O4S2/c1-13(11(16)17,21-12-15-14-8-20-12)7-19-10-5-3-4-9(6-10)18-2/h3-6,8H,7H2,1-2H3,(H,16,17). The molecule has 2 rings (SSSR count). The number of nitrogens with zero attached hydrogens (tertiary/aromatic N) is 2. The Hall–Kier alpha value is -1.80. The highest BCUT2D eigenvalue weighted by Gasteiger charge is 2.37. The van der Waals surface area contributed by atoms with Gasteiger partial charge in [-0.05, 0) is 19.1 Å². The predicted octanol–water partition coefficient (Wildman–Crippen LogP) is 2.56.